The highest BCUT2D eigenvalue weighted by Gasteiger charge is 2.29. The SMILES string of the molecule is COC(=O)C(=[N+]=[N-])C(C)c1ccc(Br)cc1. The lowest BCUT2D eigenvalue weighted by atomic mass is 9.96. The number of hydrogen-bond acceptors (Lipinski definition) is 2. The van der Waals surface area contributed by atoms with Gasteiger partial charge in [0.25, 0.3) is 0 Å². The average molecular weight is 283 g/mol. The van der Waals surface area contributed by atoms with Crippen LogP contribution in [0.4, 0.5) is 0 Å². The second-order valence-corrected chi connectivity index (χ2v) is 4.17. The smallest absolute Gasteiger partial charge is 0.417 e. The van der Waals surface area contributed by atoms with Crippen molar-refractivity contribution in [3.63, 3.8) is 0 Å². The molecule has 0 fully saturated rings. The summed E-state index contributed by atoms with van der Waals surface area (Å²) >= 11 is 3.32. The van der Waals surface area contributed by atoms with Gasteiger partial charge in [0.2, 0.25) is 0 Å². The molecule has 1 atom stereocenters. The summed E-state index contributed by atoms with van der Waals surface area (Å²) in [5.74, 6) is -0.941. The Bertz CT molecular complexity index is 436. The molecule has 0 aromatic heterocycles. The largest absolute Gasteiger partial charge is 0.460 e. The molecule has 0 heterocycles. The van der Waals surface area contributed by atoms with E-state index in [0.717, 1.165) is 10.0 Å². The number of nitrogens with zero attached hydrogens (tertiary/aromatic N) is 2. The Morgan fingerprint density at radius 1 is 1.44 bits per heavy atom. The second kappa shape index (κ2) is 5.58. The van der Waals surface area contributed by atoms with Crippen molar-refractivity contribution >= 4 is 27.6 Å². The van der Waals surface area contributed by atoms with Crippen molar-refractivity contribution in [1.82, 2.24) is 0 Å². The van der Waals surface area contributed by atoms with Crippen LogP contribution in [-0.2, 0) is 9.53 Å². The summed E-state index contributed by atoms with van der Waals surface area (Å²) in [4.78, 5) is 14.3. The van der Waals surface area contributed by atoms with Gasteiger partial charge in [0, 0.05) is 4.47 Å². The summed E-state index contributed by atoms with van der Waals surface area (Å²) in [5, 5.41) is 0. The van der Waals surface area contributed by atoms with Crippen LogP contribution in [0.3, 0.4) is 0 Å². The lowest BCUT2D eigenvalue weighted by molar-refractivity contribution is -0.138. The van der Waals surface area contributed by atoms with Crippen LogP contribution in [0.15, 0.2) is 28.7 Å². The Hall–Kier alpha value is -1.45. The monoisotopic (exact) mass is 282 g/mol. The molecule has 1 aromatic carbocycles. The molecule has 0 amide bonds. The molecule has 1 rings (SSSR count). The predicted molar refractivity (Wildman–Crippen MR) is 63.2 cm³/mol. The Balaban J connectivity index is 3.01. The molecule has 1 unspecified atom stereocenters. The van der Waals surface area contributed by atoms with E-state index in [2.05, 4.69) is 25.5 Å². The normalized spacial score (nSPS) is 11.4. The molecular weight excluding hydrogens is 272 g/mol. The number of halogens is 1. The maximum Gasteiger partial charge on any atom is 0.417 e. The van der Waals surface area contributed by atoms with E-state index in [-0.39, 0.29) is 11.6 Å². The molecule has 0 saturated heterocycles. The van der Waals surface area contributed by atoms with Crippen molar-refractivity contribution < 1.29 is 14.3 Å². The first kappa shape index (κ1) is 12.6. The predicted octanol–water partition coefficient (Wildman–Crippen LogP) is 2.40. The van der Waals surface area contributed by atoms with Crippen molar-refractivity contribution in [3.05, 3.63) is 39.8 Å². The Morgan fingerprint density at radius 3 is 2.44 bits per heavy atom. The first-order chi connectivity index (χ1) is 7.60. The third-order valence-corrected chi connectivity index (χ3v) is 2.81. The van der Waals surface area contributed by atoms with Crippen LogP contribution >= 0.6 is 15.9 Å². The Kier molecular flexibility index (Phi) is 4.40. The highest BCUT2D eigenvalue weighted by Crippen LogP contribution is 2.19. The maximum atomic E-state index is 11.3. The van der Waals surface area contributed by atoms with Gasteiger partial charge < -0.3 is 10.3 Å². The molecule has 5 heteroatoms. The van der Waals surface area contributed by atoms with Gasteiger partial charge in [-0.3, -0.25) is 0 Å². The van der Waals surface area contributed by atoms with Gasteiger partial charge >= 0.3 is 11.7 Å². The number of carbonyl (C=O) groups is 1. The van der Waals surface area contributed by atoms with Crippen LogP contribution in [0.5, 0.6) is 0 Å². The first-order valence-electron chi connectivity index (χ1n) is 4.66. The van der Waals surface area contributed by atoms with Crippen LogP contribution in [0.25, 0.3) is 5.53 Å². The van der Waals surface area contributed by atoms with Crippen molar-refractivity contribution in [3.8, 4) is 0 Å². The topological polar surface area (TPSA) is 62.7 Å². The number of ether oxygens (including phenoxy) is 1. The van der Waals surface area contributed by atoms with Gasteiger partial charge in [-0.05, 0) is 24.6 Å². The van der Waals surface area contributed by atoms with Gasteiger partial charge in [-0.25, -0.2) is 4.79 Å². The zero-order chi connectivity index (χ0) is 12.1. The molecule has 0 aliphatic carbocycles. The molecule has 4 nitrogen and oxygen atoms in total. The standard InChI is InChI=1S/C11H11BrN2O2/c1-7(10(14-13)11(15)16-2)8-3-5-9(12)6-4-8/h3-7H,1-2H3. The minimum absolute atomic E-state index is 0.00942. The van der Waals surface area contributed by atoms with Gasteiger partial charge in [0.05, 0.1) is 13.0 Å². The van der Waals surface area contributed by atoms with Crippen LogP contribution in [0, 0.1) is 0 Å². The molecule has 16 heavy (non-hydrogen) atoms. The molecule has 0 aliphatic rings. The molecule has 84 valence electrons. The van der Waals surface area contributed by atoms with Gasteiger partial charge in [-0.15, -0.1) is 0 Å². The van der Waals surface area contributed by atoms with Gasteiger partial charge in [0.1, 0.15) is 0 Å². The van der Waals surface area contributed by atoms with Gasteiger partial charge in [0.15, 0.2) is 0 Å². The summed E-state index contributed by atoms with van der Waals surface area (Å²) in [7, 11) is 1.25. The van der Waals surface area contributed by atoms with Crippen LogP contribution in [0.2, 0.25) is 0 Å². The first-order valence-corrected chi connectivity index (χ1v) is 5.45. The number of benzene rings is 1. The minimum Gasteiger partial charge on any atom is -0.460 e. The number of hydrogen-bond donors (Lipinski definition) is 0. The Morgan fingerprint density at radius 2 is 2.00 bits per heavy atom. The maximum absolute atomic E-state index is 11.3. The number of rotatable bonds is 3. The zero-order valence-corrected chi connectivity index (χ0v) is 10.6. The lowest BCUT2D eigenvalue weighted by Crippen LogP contribution is -2.23. The third kappa shape index (κ3) is 2.78. The van der Waals surface area contributed by atoms with Gasteiger partial charge in [-0.2, -0.15) is 4.79 Å². The van der Waals surface area contributed by atoms with E-state index in [0.29, 0.717) is 0 Å². The summed E-state index contributed by atoms with van der Waals surface area (Å²) in [6, 6.07) is 7.42. The second-order valence-electron chi connectivity index (χ2n) is 3.25. The minimum atomic E-state index is -0.627. The third-order valence-electron chi connectivity index (χ3n) is 2.28. The fourth-order valence-corrected chi connectivity index (χ4v) is 1.58. The van der Waals surface area contributed by atoms with E-state index < -0.39 is 5.97 Å². The molecular formula is C11H11BrN2O2. The van der Waals surface area contributed by atoms with Crippen LogP contribution in [0.1, 0.15) is 18.4 Å². The molecule has 1 aromatic rings. The lowest BCUT2D eigenvalue weighted by Gasteiger charge is -2.06. The molecule has 0 bridgehead atoms. The quantitative estimate of drug-likeness (QED) is 0.370. The van der Waals surface area contributed by atoms with E-state index in [9.17, 15) is 4.79 Å². The fraction of sp³-hybridized carbons (Fsp3) is 0.273. The zero-order valence-electron chi connectivity index (χ0n) is 8.98. The molecule has 0 aliphatic heterocycles. The molecule has 0 spiro atoms. The van der Waals surface area contributed by atoms with Crippen molar-refractivity contribution in [2.24, 2.45) is 0 Å². The average Bonchev–Trinajstić information content (AvgIpc) is 2.30. The number of methoxy groups -OCH3 is 1. The summed E-state index contributed by atoms with van der Waals surface area (Å²) in [6.07, 6.45) is 0. The molecule has 0 saturated carbocycles. The Labute approximate surface area is 102 Å². The van der Waals surface area contributed by atoms with Crippen molar-refractivity contribution in [2.75, 3.05) is 7.11 Å². The van der Waals surface area contributed by atoms with E-state index in [1.165, 1.54) is 7.11 Å². The molecule has 0 N–H and O–H groups in total. The fourth-order valence-electron chi connectivity index (χ4n) is 1.32. The number of carbonyl (C=O) groups excluding carboxylic acids is 1. The highest BCUT2D eigenvalue weighted by molar-refractivity contribution is 9.10. The molecule has 0 radical (unpaired) electrons. The van der Waals surface area contributed by atoms with Crippen molar-refractivity contribution in [2.45, 2.75) is 12.8 Å². The van der Waals surface area contributed by atoms with E-state index in [1.54, 1.807) is 6.92 Å². The van der Waals surface area contributed by atoms with Crippen LogP contribution < -0.4 is 0 Å². The summed E-state index contributed by atoms with van der Waals surface area (Å²) in [5.41, 5.74) is 9.66. The summed E-state index contributed by atoms with van der Waals surface area (Å²) < 4.78 is 5.48. The van der Waals surface area contributed by atoms with E-state index in [4.69, 9.17) is 5.53 Å². The van der Waals surface area contributed by atoms with E-state index >= 15 is 0 Å². The van der Waals surface area contributed by atoms with Crippen molar-refractivity contribution in [1.29, 1.82) is 0 Å². The highest BCUT2D eigenvalue weighted by atomic mass is 79.9. The van der Waals surface area contributed by atoms with Crippen LogP contribution in [-0.4, -0.2) is 23.6 Å². The van der Waals surface area contributed by atoms with E-state index in [1.807, 2.05) is 24.3 Å². The summed E-state index contributed by atoms with van der Waals surface area (Å²) in [6.45, 7) is 1.77. The van der Waals surface area contributed by atoms with Gasteiger partial charge in [-0.1, -0.05) is 28.1 Å². The number of esters is 1.